The molecule has 0 spiro atoms. The minimum atomic E-state index is -1.48. The molecule has 0 atom stereocenters. The van der Waals surface area contributed by atoms with Crippen LogP contribution in [0.5, 0.6) is 0 Å². The fourth-order valence-electron chi connectivity index (χ4n) is 1.31. The van der Waals surface area contributed by atoms with Crippen molar-refractivity contribution in [2.75, 3.05) is 0 Å². The van der Waals surface area contributed by atoms with Crippen molar-refractivity contribution in [3.8, 4) is 0 Å². The molecule has 0 saturated carbocycles. The van der Waals surface area contributed by atoms with Crippen LogP contribution in [0.4, 0.5) is 0 Å². The summed E-state index contributed by atoms with van der Waals surface area (Å²) < 4.78 is 0. The lowest BCUT2D eigenvalue weighted by Gasteiger charge is -2.02. The molecule has 72 valence electrons. The monoisotopic (exact) mass is 232 g/mol. The molecule has 1 aromatic carbocycles. The summed E-state index contributed by atoms with van der Waals surface area (Å²) in [4.78, 5) is 0. The molecule has 3 heteroatoms. The van der Waals surface area contributed by atoms with Crippen LogP contribution in [0.2, 0.25) is 0 Å². The second kappa shape index (κ2) is 5.69. The zero-order chi connectivity index (χ0) is 9.68. The van der Waals surface area contributed by atoms with Gasteiger partial charge in [0, 0.05) is 0 Å². The molecule has 0 aliphatic rings. The number of hydrogen-bond acceptors (Lipinski definition) is 0. The van der Waals surface area contributed by atoms with Crippen LogP contribution in [0.15, 0.2) is 24.3 Å². The van der Waals surface area contributed by atoms with Crippen molar-refractivity contribution in [3.63, 3.8) is 0 Å². The third-order valence-electron chi connectivity index (χ3n) is 1.95. The minimum absolute atomic E-state index is 0.871. The van der Waals surface area contributed by atoms with Crippen molar-refractivity contribution in [1.82, 2.24) is 0 Å². The molecule has 0 bridgehead atoms. The first-order valence-corrected chi connectivity index (χ1v) is 8.89. The summed E-state index contributed by atoms with van der Waals surface area (Å²) in [5.41, 5.74) is 2.66. The van der Waals surface area contributed by atoms with Gasteiger partial charge in [0.25, 0.3) is 0 Å². The lowest BCUT2D eigenvalue weighted by atomic mass is 10.1. The third-order valence-corrected chi connectivity index (χ3v) is 3.66. The van der Waals surface area contributed by atoms with Gasteiger partial charge in [-0.2, -0.15) is 0 Å². The van der Waals surface area contributed by atoms with E-state index in [2.05, 4.69) is 31.2 Å². The van der Waals surface area contributed by atoms with Crippen LogP contribution >= 0.6 is 22.2 Å². The molecule has 1 aromatic rings. The van der Waals surface area contributed by atoms with Gasteiger partial charge in [0.2, 0.25) is 7.42 Å². The largest absolute Gasteiger partial charge is 0.241 e. The molecule has 0 aliphatic heterocycles. The van der Waals surface area contributed by atoms with Gasteiger partial charge in [0.1, 0.15) is 0 Å². The molecule has 0 N–H and O–H groups in total. The maximum absolute atomic E-state index is 5.82. The Kier molecular flexibility index (Phi) is 4.85. The summed E-state index contributed by atoms with van der Waals surface area (Å²) >= 11 is 11.6. The summed E-state index contributed by atoms with van der Waals surface area (Å²) in [6.45, 7) is 2.19. The standard InChI is InChI=1S/C10H14Cl2Si/c1-2-3-9-4-6-10(7-5-9)8-13(11)12/h4-7,13H,2-3,8H2,1H3. The van der Waals surface area contributed by atoms with Crippen LogP contribution in [0.3, 0.4) is 0 Å². The van der Waals surface area contributed by atoms with Crippen molar-refractivity contribution >= 4 is 29.6 Å². The molecular weight excluding hydrogens is 219 g/mol. The lowest BCUT2D eigenvalue weighted by molar-refractivity contribution is 0.921. The van der Waals surface area contributed by atoms with E-state index in [9.17, 15) is 0 Å². The second-order valence-corrected chi connectivity index (χ2v) is 8.18. The first-order valence-electron chi connectivity index (χ1n) is 4.58. The number of hydrogen-bond donors (Lipinski definition) is 0. The second-order valence-electron chi connectivity index (χ2n) is 3.16. The third kappa shape index (κ3) is 4.16. The smallest absolute Gasteiger partial charge is 0.150 e. The molecule has 0 nitrogen and oxygen atoms in total. The summed E-state index contributed by atoms with van der Waals surface area (Å²) in [7, 11) is -1.48. The predicted molar refractivity (Wildman–Crippen MR) is 63.0 cm³/mol. The number of halogens is 2. The Hall–Kier alpha value is 0.0169. The Morgan fingerprint density at radius 1 is 1.08 bits per heavy atom. The molecule has 0 unspecified atom stereocenters. The first-order chi connectivity index (χ1) is 6.22. The quantitative estimate of drug-likeness (QED) is 0.552. The van der Waals surface area contributed by atoms with Gasteiger partial charge in [-0.15, -0.1) is 22.2 Å². The molecule has 1 rings (SSSR count). The fraction of sp³-hybridized carbons (Fsp3) is 0.400. The van der Waals surface area contributed by atoms with Gasteiger partial charge in [-0.1, -0.05) is 37.6 Å². The lowest BCUT2D eigenvalue weighted by Crippen LogP contribution is -1.99. The van der Waals surface area contributed by atoms with Gasteiger partial charge in [0.15, 0.2) is 0 Å². The maximum Gasteiger partial charge on any atom is 0.241 e. The van der Waals surface area contributed by atoms with Gasteiger partial charge in [0.05, 0.1) is 0 Å². The van der Waals surface area contributed by atoms with E-state index in [1.54, 1.807) is 0 Å². The van der Waals surface area contributed by atoms with Crippen molar-refractivity contribution in [2.45, 2.75) is 25.8 Å². The highest BCUT2D eigenvalue weighted by molar-refractivity contribution is 7.33. The van der Waals surface area contributed by atoms with E-state index >= 15 is 0 Å². The van der Waals surface area contributed by atoms with Crippen molar-refractivity contribution in [1.29, 1.82) is 0 Å². The SMILES string of the molecule is CCCc1ccc(C[SiH](Cl)Cl)cc1. The summed E-state index contributed by atoms with van der Waals surface area (Å²) in [6, 6.07) is 9.48. The van der Waals surface area contributed by atoms with E-state index in [-0.39, 0.29) is 0 Å². The Labute approximate surface area is 90.9 Å². The van der Waals surface area contributed by atoms with Crippen LogP contribution in [0.1, 0.15) is 24.5 Å². The predicted octanol–water partition coefficient (Wildman–Crippen LogP) is 3.42. The Morgan fingerprint density at radius 2 is 1.62 bits per heavy atom. The maximum atomic E-state index is 5.82. The molecule has 0 fully saturated rings. The average Bonchev–Trinajstić information content (AvgIpc) is 2.08. The molecule has 0 saturated heterocycles. The van der Waals surface area contributed by atoms with Gasteiger partial charge in [-0.25, -0.2) is 0 Å². The molecule has 0 aliphatic carbocycles. The number of aryl methyl sites for hydroxylation is 1. The van der Waals surface area contributed by atoms with Crippen LogP contribution in [0, 0.1) is 0 Å². The summed E-state index contributed by atoms with van der Waals surface area (Å²) in [6.07, 6.45) is 2.35. The van der Waals surface area contributed by atoms with Crippen molar-refractivity contribution in [2.24, 2.45) is 0 Å². The summed E-state index contributed by atoms with van der Waals surface area (Å²) in [5, 5.41) is 0. The van der Waals surface area contributed by atoms with E-state index in [0.717, 1.165) is 12.5 Å². The van der Waals surface area contributed by atoms with Gasteiger partial charge in [-0.05, 0) is 23.6 Å². The number of benzene rings is 1. The summed E-state index contributed by atoms with van der Waals surface area (Å²) in [5.74, 6) is 0. The van der Waals surface area contributed by atoms with Crippen LogP contribution in [0.25, 0.3) is 0 Å². The first kappa shape index (κ1) is 11.1. The number of rotatable bonds is 4. The molecule has 0 aromatic heterocycles. The van der Waals surface area contributed by atoms with E-state index in [4.69, 9.17) is 22.2 Å². The van der Waals surface area contributed by atoms with Gasteiger partial charge in [-0.3, -0.25) is 0 Å². The van der Waals surface area contributed by atoms with E-state index < -0.39 is 7.42 Å². The minimum Gasteiger partial charge on any atom is -0.150 e. The van der Waals surface area contributed by atoms with E-state index in [1.165, 1.54) is 17.5 Å². The highest BCUT2D eigenvalue weighted by atomic mass is 35.7. The molecule has 13 heavy (non-hydrogen) atoms. The molecular formula is C10H14Cl2Si. The van der Waals surface area contributed by atoms with E-state index in [0.29, 0.717) is 0 Å². The Balaban J connectivity index is 2.59. The molecule has 0 heterocycles. The fourth-order valence-corrected chi connectivity index (χ4v) is 3.01. The highest BCUT2D eigenvalue weighted by Gasteiger charge is 2.03. The van der Waals surface area contributed by atoms with Crippen molar-refractivity contribution in [3.05, 3.63) is 35.4 Å². The highest BCUT2D eigenvalue weighted by Crippen LogP contribution is 2.10. The molecule has 0 amide bonds. The van der Waals surface area contributed by atoms with E-state index in [1.807, 2.05) is 0 Å². The Bertz CT molecular complexity index is 244. The normalized spacial score (nSPS) is 10.8. The Morgan fingerprint density at radius 3 is 2.08 bits per heavy atom. The topological polar surface area (TPSA) is 0 Å². The molecule has 0 radical (unpaired) electrons. The van der Waals surface area contributed by atoms with Crippen LogP contribution in [-0.2, 0) is 12.5 Å². The van der Waals surface area contributed by atoms with Crippen LogP contribution in [-0.4, -0.2) is 7.42 Å². The average molecular weight is 233 g/mol. The zero-order valence-corrected chi connectivity index (χ0v) is 10.4. The van der Waals surface area contributed by atoms with Crippen molar-refractivity contribution < 1.29 is 0 Å². The van der Waals surface area contributed by atoms with Gasteiger partial charge < -0.3 is 0 Å². The van der Waals surface area contributed by atoms with Gasteiger partial charge >= 0.3 is 0 Å². The van der Waals surface area contributed by atoms with Crippen LogP contribution < -0.4 is 0 Å². The zero-order valence-electron chi connectivity index (χ0n) is 7.76.